The van der Waals surface area contributed by atoms with Crippen molar-refractivity contribution in [2.45, 2.75) is 6.54 Å². The van der Waals surface area contributed by atoms with Crippen LogP contribution in [0.4, 0.5) is 0 Å². The highest BCUT2D eigenvalue weighted by Gasteiger charge is 2.12. The lowest BCUT2D eigenvalue weighted by molar-refractivity contribution is 0.0785. The van der Waals surface area contributed by atoms with Gasteiger partial charge in [-0.05, 0) is 28.5 Å². The molecule has 94 valence electrons. The Morgan fingerprint density at radius 3 is 2.83 bits per heavy atom. The van der Waals surface area contributed by atoms with Crippen molar-refractivity contribution in [2.24, 2.45) is 7.05 Å². The van der Waals surface area contributed by atoms with E-state index in [1.54, 1.807) is 42.6 Å². The normalized spacial score (nSPS) is 10.3. The minimum Gasteiger partial charge on any atom is -0.337 e. The Morgan fingerprint density at radius 1 is 1.44 bits per heavy atom. The van der Waals surface area contributed by atoms with E-state index in [9.17, 15) is 9.59 Å². The van der Waals surface area contributed by atoms with Crippen molar-refractivity contribution in [3.05, 3.63) is 56.6 Å². The monoisotopic (exact) mass is 262 g/mol. The SMILES string of the molecule is CN(Cc1ccsc1)C(=O)c1ccn(C)c(=O)c1. The van der Waals surface area contributed by atoms with Gasteiger partial charge >= 0.3 is 0 Å². The first kappa shape index (κ1) is 12.6. The van der Waals surface area contributed by atoms with Crippen molar-refractivity contribution in [2.75, 3.05) is 7.05 Å². The molecule has 2 heterocycles. The van der Waals surface area contributed by atoms with Gasteiger partial charge in [0.1, 0.15) is 0 Å². The van der Waals surface area contributed by atoms with Gasteiger partial charge in [-0.1, -0.05) is 0 Å². The number of carbonyl (C=O) groups is 1. The molecule has 2 rings (SSSR count). The van der Waals surface area contributed by atoms with Crippen LogP contribution in [0.5, 0.6) is 0 Å². The van der Waals surface area contributed by atoms with Gasteiger partial charge in [-0.25, -0.2) is 0 Å². The molecule has 0 saturated carbocycles. The number of hydrogen-bond acceptors (Lipinski definition) is 3. The second-order valence-corrected chi connectivity index (χ2v) is 4.94. The molecule has 1 amide bonds. The lowest BCUT2D eigenvalue weighted by Gasteiger charge is -2.16. The third-order valence-electron chi connectivity index (χ3n) is 2.70. The fourth-order valence-electron chi connectivity index (χ4n) is 1.63. The van der Waals surface area contributed by atoms with Crippen LogP contribution in [0.1, 0.15) is 15.9 Å². The molecule has 0 aliphatic rings. The highest BCUT2D eigenvalue weighted by molar-refractivity contribution is 7.07. The van der Waals surface area contributed by atoms with Gasteiger partial charge in [-0.2, -0.15) is 11.3 Å². The summed E-state index contributed by atoms with van der Waals surface area (Å²) in [6, 6.07) is 5.01. The van der Waals surface area contributed by atoms with Crippen molar-refractivity contribution in [1.29, 1.82) is 0 Å². The van der Waals surface area contributed by atoms with E-state index in [1.165, 1.54) is 10.6 Å². The Kier molecular flexibility index (Phi) is 3.62. The Morgan fingerprint density at radius 2 is 2.22 bits per heavy atom. The molecule has 0 aromatic carbocycles. The summed E-state index contributed by atoms with van der Waals surface area (Å²) in [7, 11) is 3.39. The van der Waals surface area contributed by atoms with E-state index in [4.69, 9.17) is 0 Å². The maximum Gasteiger partial charge on any atom is 0.254 e. The molecule has 0 unspecified atom stereocenters. The number of thiophene rings is 1. The van der Waals surface area contributed by atoms with E-state index < -0.39 is 0 Å². The molecule has 0 aliphatic heterocycles. The highest BCUT2D eigenvalue weighted by Crippen LogP contribution is 2.10. The number of aromatic nitrogens is 1. The zero-order valence-corrected chi connectivity index (χ0v) is 11.1. The molecule has 5 heteroatoms. The topological polar surface area (TPSA) is 42.3 Å². The van der Waals surface area contributed by atoms with Crippen molar-refractivity contribution in [1.82, 2.24) is 9.47 Å². The Balaban J connectivity index is 2.15. The molecule has 0 aliphatic carbocycles. The lowest BCUT2D eigenvalue weighted by Crippen LogP contribution is -2.28. The van der Waals surface area contributed by atoms with Crippen molar-refractivity contribution in [3.8, 4) is 0 Å². The lowest BCUT2D eigenvalue weighted by atomic mass is 10.2. The highest BCUT2D eigenvalue weighted by atomic mass is 32.1. The van der Waals surface area contributed by atoms with Crippen LogP contribution in [0, 0.1) is 0 Å². The molecule has 0 radical (unpaired) electrons. The van der Waals surface area contributed by atoms with E-state index >= 15 is 0 Å². The third-order valence-corrected chi connectivity index (χ3v) is 3.43. The smallest absolute Gasteiger partial charge is 0.254 e. The second kappa shape index (κ2) is 5.18. The second-order valence-electron chi connectivity index (χ2n) is 4.16. The molecule has 18 heavy (non-hydrogen) atoms. The molecule has 0 atom stereocenters. The number of amides is 1. The van der Waals surface area contributed by atoms with Gasteiger partial charge in [-0.15, -0.1) is 0 Å². The van der Waals surface area contributed by atoms with Crippen LogP contribution in [0.25, 0.3) is 0 Å². The predicted molar refractivity (Wildman–Crippen MR) is 71.8 cm³/mol. The number of rotatable bonds is 3. The average Bonchev–Trinajstić information content (AvgIpc) is 2.84. The van der Waals surface area contributed by atoms with Crippen LogP contribution in [0.3, 0.4) is 0 Å². The molecular weight excluding hydrogens is 248 g/mol. The summed E-state index contributed by atoms with van der Waals surface area (Å²) in [6.07, 6.45) is 1.61. The van der Waals surface area contributed by atoms with Gasteiger partial charge in [-0.3, -0.25) is 9.59 Å². The molecule has 0 N–H and O–H groups in total. The Bertz CT molecular complexity index is 602. The molecule has 0 bridgehead atoms. The summed E-state index contributed by atoms with van der Waals surface area (Å²) < 4.78 is 1.44. The van der Waals surface area contributed by atoms with Gasteiger partial charge in [0.15, 0.2) is 0 Å². The number of pyridine rings is 1. The zero-order chi connectivity index (χ0) is 13.1. The van der Waals surface area contributed by atoms with E-state index in [1.807, 2.05) is 16.8 Å². The first-order chi connectivity index (χ1) is 8.58. The molecular formula is C13H14N2O2S. The maximum atomic E-state index is 12.1. The first-order valence-corrected chi connectivity index (χ1v) is 6.45. The van der Waals surface area contributed by atoms with Crippen molar-refractivity contribution >= 4 is 17.2 Å². The zero-order valence-electron chi connectivity index (χ0n) is 10.3. The molecule has 4 nitrogen and oxygen atoms in total. The summed E-state index contributed by atoms with van der Waals surface area (Å²) in [6.45, 7) is 0.553. The van der Waals surface area contributed by atoms with Crippen LogP contribution in [0.15, 0.2) is 40.0 Å². The van der Waals surface area contributed by atoms with Crippen LogP contribution in [-0.4, -0.2) is 22.4 Å². The summed E-state index contributed by atoms with van der Waals surface area (Å²) >= 11 is 1.60. The summed E-state index contributed by atoms with van der Waals surface area (Å²) in [5.74, 6) is -0.140. The number of hydrogen-bond donors (Lipinski definition) is 0. The number of aryl methyl sites for hydroxylation is 1. The summed E-state index contributed by atoms with van der Waals surface area (Å²) in [5.41, 5.74) is 1.35. The van der Waals surface area contributed by atoms with E-state index in [2.05, 4.69) is 0 Å². The first-order valence-electron chi connectivity index (χ1n) is 5.51. The van der Waals surface area contributed by atoms with Crippen molar-refractivity contribution in [3.63, 3.8) is 0 Å². The fourth-order valence-corrected chi connectivity index (χ4v) is 2.29. The van der Waals surface area contributed by atoms with Crippen molar-refractivity contribution < 1.29 is 4.79 Å². The Hall–Kier alpha value is -1.88. The minimum absolute atomic E-state index is 0.140. The van der Waals surface area contributed by atoms with Crippen LogP contribution >= 0.6 is 11.3 Å². The van der Waals surface area contributed by atoms with Gasteiger partial charge in [0.25, 0.3) is 11.5 Å². The quantitative estimate of drug-likeness (QED) is 0.845. The molecule has 2 aromatic rings. The molecule has 0 fully saturated rings. The summed E-state index contributed by atoms with van der Waals surface area (Å²) in [5, 5.41) is 3.99. The van der Waals surface area contributed by atoms with E-state index in [-0.39, 0.29) is 11.5 Å². The Labute approximate surface area is 109 Å². The maximum absolute atomic E-state index is 12.1. The van der Waals surface area contributed by atoms with Crippen LogP contribution in [0.2, 0.25) is 0 Å². The van der Waals surface area contributed by atoms with Gasteiger partial charge < -0.3 is 9.47 Å². The molecule has 2 aromatic heterocycles. The third kappa shape index (κ3) is 2.68. The van der Waals surface area contributed by atoms with E-state index in [0.29, 0.717) is 12.1 Å². The standard InChI is InChI=1S/C13H14N2O2S/c1-14-5-3-11(7-12(14)16)13(17)15(2)8-10-4-6-18-9-10/h3-7,9H,8H2,1-2H3. The van der Waals surface area contributed by atoms with Gasteiger partial charge in [0, 0.05) is 38.5 Å². The predicted octanol–water partition coefficient (Wildman–Crippen LogP) is 1.72. The molecule has 0 spiro atoms. The van der Waals surface area contributed by atoms with Gasteiger partial charge in [0.05, 0.1) is 0 Å². The fraction of sp³-hybridized carbons (Fsp3) is 0.231. The average molecular weight is 262 g/mol. The van der Waals surface area contributed by atoms with E-state index in [0.717, 1.165) is 5.56 Å². The number of carbonyl (C=O) groups excluding carboxylic acids is 1. The molecule has 0 saturated heterocycles. The largest absolute Gasteiger partial charge is 0.337 e. The summed E-state index contributed by atoms with van der Waals surface area (Å²) in [4.78, 5) is 25.2. The van der Waals surface area contributed by atoms with Crippen LogP contribution in [-0.2, 0) is 13.6 Å². The number of nitrogens with zero attached hydrogens (tertiary/aromatic N) is 2. The van der Waals surface area contributed by atoms with Gasteiger partial charge in [0.2, 0.25) is 0 Å². The minimum atomic E-state index is -0.176. The van der Waals surface area contributed by atoms with Crippen LogP contribution < -0.4 is 5.56 Å².